The first-order chi connectivity index (χ1) is 5.59. The summed E-state index contributed by atoms with van der Waals surface area (Å²) in [4.78, 5) is 2.62. The van der Waals surface area contributed by atoms with Gasteiger partial charge in [0.25, 0.3) is 0 Å². The van der Waals surface area contributed by atoms with Gasteiger partial charge in [-0.15, -0.1) is 0 Å². The standard InChI is InChI=1S/C8H18N2OS/c1-4-11-6-5-10(3)7(2)8(9)12/h7H,4-6H2,1-3H3,(H2,9,12). The van der Waals surface area contributed by atoms with Gasteiger partial charge >= 0.3 is 0 Å². The molecule has 0 aromatic carbocycles. The quantitative estimate of drug-likeness (QED) is 0.492. The molecular weight excluding hydrogens is 172 g/mol. The molecule has 12 heavy (non-hydrogen) atoms. The molecule has 0 bridgehead atoms. The molecule has 0 aliphatic carbocycles. The molecule has 1 unspecified atom stereocenters. The molecular formula is C8H18N2OS. The van der Waals surface area contributed by atoms with Crippen LogP contribution in [0.1, 0.15) is 13.8 Å². The third kappa shape index (κ3) is 4.64. The lowest BCUT2D eigenvalue weighted by Crippen LogP contribution is -2.40. The van der Waals surface area contributed by atoms with E-state index in [0.717, 1.165) is 19.8 Å². The zero-order chi connectivity index (χ0) is 9.56. The van der Waals surface area contributed by atoms with Gasteiger partial charge in [0.2, 0.25) is 0 Å². The number of hydrogen-bond donors (Lipinski definition) is 1. The molecule has 0 amide bonds. The van der Waals surface area contributed by atoms with Gasteiger partial charge in [0, 0.05) is 13.2 Å². The highest BCUT2D eigenvalue weighted by Crippen LogP contribution is 1.94. The zero-order valence-electron chi connectivity index (χ0n) is 8.04. The highest BCUT2D eigenvalue weighted by molar-refractivity contribution is 7.80. The topological polar surface area (TPSA) is 38.5 Å². The van der Waals surface area contributed by atoms with Crippen LogP contribution < -0.4 is 5.73 Å². The van der Waals surface area contributed by atoms with E-state index in [2.05, 4.69) is 4.90 Å². The molecule has 0 radical (unpaired) electrons. The van der Waals surface area contributed by atoms with Gasteiger partial charge in [-0.2, -0.15) is 0 Å². The predicted octanol–water partition coefficient (Wildman–Crippen LogP) is 0.629. The van der Waals surface area contributed by atoms with E-state index in [0.29, 0.717) is 4.99 Å². The molecule has 0 rings (SSSR count). The molecule has 0 aliphatic heterocycles. The number of likely N-dealkylation sites (N-methyl/N-ethyl adjacent to an activating group) is 1. The van der Waals surface area contributed by atoms with Gasteiger partial charge in [0.15, 0.2) is 0 Å². The summed E-state index contributed by atoms with van der Waals surface area (Å²) >= 11 is 4.87. The average Bonchev–Trinajstić information content (AvgIpc) is 2.03. The van der Waals surface area contributed by atoms with Crippen LogP contribution in [0.4, 0.5) is 0 Å². The van der Waals surface area contributed by atoms with Crippen LogP contribution in [0.5, 0.6) is 0 Å². The van der Waals surface area contributed by atoms with Gasteiger partial charge in [-0.3, -0.25) is 4.90 Å². The Morgan fingerprint density at radius 3 is 2.67 bits per heavy atom. The summed E-state index contributed by atoms with van der Waals surface area (Å²) in [6.07, 6.45) is 0. The van der Waals surface area contributed by atoms with Crippen molar-refractivity contribution in [2.24, 2.45) is 5.73 Å². The predicted molar refractivity (Wildman–Crippen MR) is 55.4 cm³/mol. The first kappa shape index (κ1) is 11.8. The highest BCUT2D eigenvalue weighted by Gasteiger charge is 2.10. The third-order valence-electron chi connectivity index (χ3n) is 1.87. The maximum atomic E-state index is 5.49. The summed E-state index contributed by atoms with van der Waals surface area (Å²) in [6.45, 7) is 6.34. The molecule has 0 spiro atoms. The second kappa shape index (κ2) is 6.34. The van der Waals surface area contributed by atoms with E-state index < -0.39 is 0 Å². The molecule has 0 aliphatic rings. The van der Waals surface area contributed by atoms with Crippen molar-refractivity contribution in [2.75, 3.05) is 26.8 Å². The minimum absolute atomic E-state index is 0.153. The van der Waals surface area contributed by atoms with Crippen LogP contribution in [0.25, 0.3) is 0 Å². The van der Waals surface area contributed by atoms with Crippen LogP contribution in [0.15, 0.2) is 0 Å². The maximum absolute atomic E-state index is 5.49. The Kier molecular flexibility index (Phi) is 6.24. The molecule has 0 fully saturated rings. The number of thiocarbonyl (C=S) groups is 1. The Morgan fingerprint density at radius 2 is 2.25 bits per heavy atom. The van der Waals surface area contributed by atoms with E-state index in [-0.39, 0.29) is 6.04 Å². The summed E-state index contributed by atoms with van der Waals surface area (Å²) in [6, 6.07) is 0.153. The summed E-state index contributed by atoms with van der Waals surface area (Å²) in [5.74, 6) is 0. The minimum atomic E-state index is 0.153. The summed E-state index contributed by atoms with van der Waals surface area (Å²) in [5.41, 5.74) is 5.49. The SMILES string of the molecule is CCOCCN(C)C(C)C(N)=S. The second-order valence-corrected chi connectivity index (χ2v) is 3.23. The van der Waals surface area contributed by atoms with Crippen LogP contribution in [-0.4, -0.2) is 42.7 Å². The first-order valence-electron chi connectivity index (χ1n) is 4.16. The Labute approximate surface area is 79.9 Å². The fourth-order valence-corrected chi connectivity index (χ4v) is 0.944. The van der Waals surface area contributed by atoms with E-state index in [1.165, 1.54) is 0 Å². The smallest absolute Gasteiger partial charge is 0.0899 e. The molecule has 4 heteroatoms. The van der Waals surface area contributed by atoms with Gasteiger partial charge in [-0.05, 0) is 20.9 Å². The minimum Gasteiger partial charge on any atom is -0.392 e. The molecule has 0 aromatic rings. The lowest BCUT2D eigenvalue weighted by Gasteiger charge is -2.23. The Hall–Kier alpha value is -0.190. The number of ether oxygens (including phenoxy) is 1. The Bertz CT molecular complexity index is 141. The number of hydrogen-bond acceptors (Lipinski definition) is 3. The molecule has 0 aromatic heterocycles. The van der Waals surface area contributed by atoms with Crippen LogP contribution in [0.3, 0.4) is 0 Å². The van der Waals surface area contributed by atoms with Gasteiger partial charge in [0.1, 0.15) is 0 Å². The fourth-order valence-electron chi connectivity index (χ4n) is 0.764. The average molecular weight is 190 g/mol. The lowest BCUT2D eigenvalue weighted by atomic mass is 10.3. The van der Waals surface area contributed by atoms with Crippen molar-refractivity contribution in [1.29, 1.82) is 0 Å². The molecule has 72 valence electrons. The number of nitrogens with two attached hydrogens (primary N) is 1. The van der Waals surface area contributed by atoms with E-state index in [1.807, 2.05) is 20.9 Å². The fraction of sp³-hybridized carbons (Fsp3) is 0.875. The van der Waals surface area contributed by atoms with Crippen molar-refractivity contribution >= 4 is 17.2 Å². The van der Waals surface area contributed by atoms with E-state index in [4.69, 9.17) is 22.7 Å². The molecule has 2 N–H and O–H groups in total. The van der Waals surface area contributed by atoms with Crippen LogP contribution in [0, 0.1) is 0 Å². The lowest BCUT2D eigenvalue weighted by molar-refractivity contribution is 0.119. The molecule has 0 heterocycles. The Morgan fingerprint density at radius 1 is 1.67 bits per heavy atom. The normalized spacial score (nSPS) is 13.3. The molecule has 3 nitrogen and oxygen atoms in total. The monoisotopic (exact) mass is 190 g/mol. The van der Waals surface area contributed by atoms with Crippen molar-refractivity contribution in [3.05, 3.63) is 0 Å². The first-order valence-corrected chi connectivity index (χ1v) is 4.57. The van der Waals surface area contributed by atoms with Crippen LogP contribution in [-0.2, 0) is 4.74 Å². The van der Waals surface area contributed by atoms with Gasteiger partial charge in [-0.25, -0.2) is 0 Å². The summed E-state index contributed by atoms with van der Waals surface area (Å²) in [5, 5.41) is 0. The summed E-state index contributed by atoms with van der Waals surface area (Å²) < 4.78 is 5.21. The van der Waals surface area contributed by atoms with Crippen molar-refractivity contribution in [1.82, 2.24) is 4.90 Å². The number of rotatable bonds is 6. The van der Waals surface area contributed by atoms with Crippen molar-refractivity contribution < 1.29 is 4.74 Å². The van der Waals surface area contributed by atoms with Gasteiger partial charge in [-0.1, -0.05) is 12.2 Å². The van der Waals surface area contributed by atoms with E-state index in [9.17, 15) is 0 Å². The molecule has 0 saturated heterocycles. The third-order valence-corrected chi connectivity index (χ3v) is 2.21. The highest BCUT2D eigenvalue weighted by atomic mass is 32.1. The Balaban J connectivity index is 3.56. The van der Waals surface area contributed by atoms with Crippen molar-refractivity contribution in [3.63, 3.8) is 0 Å². The maximum Gasteiger partial charge on any atom is 0.0899 e. The second-order valence-electron chi connectivity index (χ2n) is 2.76. The largest absolute Gasteiger partial charge is 0.392 e. The van der Waals surface area contributed by atoms with Gasteiger partial charge in [0.05, 0.1) is 17.6 Å². The van der Waals surface area contributed by atoms with Crippen molar-refractivity contribution in [3.8, 4) is 0 Å². The van der Waals surface area contributed by atoms with Crippen LogP contribution >= 0.6 is 12.2 Å². The van der Waals surface area contributed by atoms with E-state index >= 15 is 0 Å². The number of nitrogens with zero attached hydrogens (tertiary/aromatic N) is 1. The zero-order valence-corrected chi connectivity index (χ0v) is 8.86. The van der Waals surface area contributed by atoms with E-state index in [1.54, 1.807) is 0 Å². The molecule has 1 atom stereocenters. The molecule has 0 saturated carbocycles. The summed E-state index contributed by atoms with van der Waals surface area (Å²) in [7, 11) is 1.99. The van der Waals surface area contributed by atoms with Crippen molar-refractivity contribution in [2.45, 2.75) is 19.9 Å². The van der Waals surface area contributed by atoms with Crippen LogP contribution in [0.2, 0.25) is 0 Å². The van der Waals surface area contributed by atoms with Gasteiger partial charge < -0.3 is 10.5 Å².